The van der Waals surface area contributed by atoms with Crippen molar-refractivity contribution in [2.24, 2.45) is 0 Å². The van der Waals surface area contributed by atoms with Gasteiger partial charge < -0.3 is 10.4 Å². The zero-order valence-corrected chi connectivity index (χ0v) is 11.3. The topological polar surface area (TPSA) is 79.3 Å². The van der Waals surface area contributed by atoms with Gasteiger partial charge in [0.2, 0.25) is 0 Å². The Morgan fingerprint density at radius 2 is 1.90 bits per heavy atom. The molecule has 0 aliphatic rings. The summed E-state index contributed by atoms with van der Waals surface area (Å²) in [5.74, 6) is -1.60. The molecule has 0 unspecified atom stereocenters. The zero-order chi connectivity index (χ0) is 14.7. The van der Waals surface area contributed by atoms with Crippen LogP contribution in [0.2, 0.25) is 5.02 Å². The van der Waals surface area contributed by atoms with Crippen molar-refractivity contribution in [1.29, 1.82) is 0 Å². The van der Waals surface area contributed by atoms with Gasteiger partial charge in [0, 0.05) is 16.8 Å². The van der Waals surface area contributed by atoms with Crippen molar-refractivity contribution in [2.45, 2.75) is 6.92 Å². The smallest absolute Gasteiger partial charge is 0.339 e. The number of amides is 1. The van der Waals surface area contributed by atoms with E-state index in [-0.39, 0.29) is 11.4 Å². The van der Waals surface area contributed by atoms with Crippen molar-refractivity contribution in [1.82, 2.24) is 4.98 Å². The van der Waals surface area contributed by atoms with E-state index in [1.165, 1.54) is 18.3 Å². The van der Waals surface area contributed by atoms with E-state index in [1.807, 2.05) is 0 Å². The number of anilines is 1. The zero-order valence-electron chi connectivity index (χ0n) is 10.6. The monoisotopic (exact) mass is 290 g/mol. The maximum absolute atomic E-state index is 12.2. The summed E-state index contributed by atoms with van der Waals surface area (Å²) in [5.41, 5.74) is 0.930. The predicted molar refractivity (Wildman–Crippen MR) is 75.3 cm³/mol. The van der Waals surface area contributed by atoms with Crippen LogP contribution in [0, 0.1) is 6.92 Å². The lowest BCUT2D eigenvalue weighted by atomic mass is 10.1. The molecular weight excluding hydrogens is 280 g/mol. The number of aromatic nitrogens is 1. The fourth-order valence-corrected chi connectivity index (χ4v) is 1.88. The van der Waals surface area contributed by atoms with Crippen LogP contribution in [-0.4, -0.2) is 22.0 Å². The quantitative estimate of drug-likeness (QED) is 0.911. The molecule has 6 heteroatoms. The Morgan fingerprint density at radius 1 is 1.20 bits per heavy atom. The van der Waals surface area contributed by atoms with E-state index in [4.69, 9.17) is 16.7 Å². The Bertz CT molecular complexity index is 686. The van der Waals surface area contributed by atoms with E-state index in [0.29, 0.717) is 16.1 Å². The van der Waals surface area contributed by atoms with Crippen LogP contribution in [0.15, 0.2) is 36.5 Å². The molecule has 0 saturated carbocycles. The van der Waals surface area contributed by atoms with Crippen LogP contribution in [0.3, 0.4) is 0 Å². The molecule has 0 radical (unpaired) electrons. The highest BCUT2D eigenvalue weighted by molar-refractivity contribution is 6.32. The number of hydrogen-bond donors (Lipinski definition) is 2. The van der Waals surface area contributed by atoms with Crippen LogP contribution >= 0.6 is 11.6 Å². The van der Waals surface area contributed by atoms with Crippen LogP contribution in [0.25, 0.3) is 0 Å². The van der Waals surface area contributed by atoms with Gasteiger partial charge in [0.05, 0.1) is 0 Å². The van der Waals surface area contributed by atoms with Gasteiger partial charge in [0.25, 0.3) is 5.91 Å². The molecule has 0 aliphatic heterocycles. The Balaban J connectivity index is 2.33. The molecule has 0 atom stereocenters. The Labute approximate surface area is 120 Å². The summed E-state index contributed by atoms with van der Waals surface area (Å²) >= 11 is 5.95. The summed E-state index contributed by atoms with van der Waals surface area (Å²) in [6.45, 7) is 1.72. The average molecular weight is 291 g/mol. The lowest BCUT2D eigenvalue weighted by Crippen LogP contribution is -2.17. The number of aromatic carboxylic acids is 1. The Morgan fingerprint density at radius 3 is 2.60 bits per heavy atom. The number of halogens is 1. The van der Waals surface area contributed by atoms with Crippen LogP contribution in [-0.2, 0) is 0 Å². The minimum Gasteiger partial charge on any atom is -0.478 e. The Hall–Kier alpha value is -2.40. The fourth-order valence-electron chi connectivity index (χ4n) is 1.71. The van der Waals surface area contributed by atoms with Crippen LogP contribution in [0.1, 0.15) is 26.3 Å². The molecule has 0 aliphatic carbocycles. The number of carboxylic acids is 1. The second kappa shape index (κ2) is 5.71. The van der Waals surface area contributed by atoms with E-state index >= 15 is 0 Å². The molecular formula is C14H11ClN2O3. The molecule has 1 heterocycles. The van der Waals surface area contributed by atoms with Crippen molar-refractivity contribution in [2.75, 3.05) is 5.32 Å². The SMILES string of the molecule is Cc1c(Cl)cccc1C(=O)Nc1ncccc1C(=O)O. The second-order valence-electron chi connectivity index (χ2n) is 4.07. The number of carboxylic acid groups (broad SMARTS) is 1. The van der Waals surface area contributed by atoms with E-state index < -0.39 is 11.9 Å². The second-order valence-corrected chi connectivity index (χ2v) is 4.48. The van der Waals surface area contributed by atoms with Crippen molar-refractivity contribution < 1.29 is 14.7 Å². The van der Waals surface area contributed by atoms with Gasteiger partial charge in [-0.2, -0.15) is 0 Å². The number of carbonyl (C=O) groups is 2. The number of pyridine rings is 1. The maximum Gasteiger partial charge on any atom is 0.339 e. The first-order valence-corrected chi connectivity index (χ1v) is 6.13. The number of nitrogens with one attached hydrogen (secondary N) is 1. The van der Waals surface area contributed by atoms with Gasteiger partial charge in [0.1, 0.15) is 11.4 Å². The summed E-state index contributed by atoms with van der Waals surface area (Å²) in [6.07, 6.45) is 1.41. The third-order valence-electron chi connectivity index (χ3n) is 2.78. The van der Waals surface area contributed by atoms with Crippen LogP contribution < -0.4 is 5.32 Å². The number of carbonyl (C=O) groups excluding carboxylic acids is 1. The average Bonchev–Trinajstić information content (AvgIpc) is 2.42. The van der Waals surface area contributed by atoms with E-state index in [2.05, 4.69) is 10.3 Å². The summed E-state index contributed by atoms with van der Waals surface area (Å²) in [7, 11) is 0. The number of hydrogen-bond acceptors (Lipinski definition) is 3. The molecule has 1 amide bonds. The van der Waals surface area contributed by atoms with Gasteiger partial charge in [-0.3, -0.25) is 4.79 Å². The minimum atomic E-state index is -1.16. The van der Waals surface area contributed by atoms with Crippen molar-refractivity contribution in [3.8, 4) is 0 Å². The maximum atomic E-state index is 12.2. The standard InChI is InChI=1S/C14H11ClN2O3/c1-8-9(4-2-6-11(8)15)13(18)17-12-10(14(19)20)5-3-7-16-12/h2-7H,1H3,(H,19,20)(H,16,17,18). The van der Waals surface area contributed by atoms with Crippen molar-refractivity contribution in [3.05, 3.63) is 58.2 Å². The van der Waals surface area contributed by atoms with E-state index in [1.54, 1.807) is 25.1 Å². The van der Waals surface area contributed by atoms with E-state index in [9.17, 15) is 9.59 Å². The normalized spacial score (nSPS) is 10.1. The van der Waals surface area contributed by atoms with Gasteiger partial charge in [-0.05, 0) is 36.8 Å². The third kappa shape index (κ3) is 2.78. The molecule has 0 fully saturated rings. The molecule has 5 nitrogen and oxygen atoms in total. The molecule has 0 bridgehead atoms. The van der Waals surface area contributed by atoms with Gasteiger partial charge in [-0.1, -0.05) is 17.7 Å². The van der Waals surface area contributed by atoms with Gasteiger partial charge >= 0.3 is 5.97 Å². The predicted octanol–water partition coefficient (Wildman–Crippen LogP) is 2.99. The Kier molecular flexibility index (Phi) is 4.00. The van der Waals surface area contributed by atoms with Gasteiger partial charge in [-0.25, -0.2) is 9.78 Å². The first-order valence-electron chi connectivity index (χ1n) is 5.75. The first-order chi connectivity index (χ1) is 9.50. The van der Waals surface area contributed by atoms with Crippen molar-refractivity contribution in [3.63, 3.8) is 0 Å². The number of rotatable bonds is 3. The third-order valence-corrected chi connectivity index (χ3v) is 3.19. The number of nitrogens with zero attached hydrogens (tertiary/aromatic N) is 1. The lowest BCUT2D eigenvalue weighted by molar-refractivity contribution is 0.0697. The van der Waals surface area contributed by atoms with Crippen molar-refractivity contribution >= 4 is 29.3 Å². The molecule has 0 spiro atoms. The first kappa shape index (κ1) is 14.0. The van der Waals surface area contributed by atoms with Gasteiger partial charge in [0.15, 0.2) is 0 Å². The summed E-state index contributed by atoms with van der Waals surface area (Å²) in [4.78, 5) is 27.1. The molecule has 1 aromatic heterocycles. The molecule has 2 rings (SSSR count). The molecule has 102 valence electrons. The fraction of sp³-hybridized carbons (Fsp3) is 0.0714. The van der Waals surface area contributed by atoms with Gasteiger partial charge in [-0.15, -0.1) is 0 Å². The molecule has 20 heavy (non-hydrogen) atoms. The number of benzene rings is 1. The lowest BCUT2D eigenvalue weighted by Gasteiger charge is -2.09. The highest BCUT2D eigenvalue weighted by atomic mass is 35.5. The summed E-state index contributed by atoms with van der Waals surface area (Å²) < 4.78 is 0. The van der Waals surface area contributed by atoms with Crippen LogP contribution in [0.4, 0.5) is 5.82 Å². The van der Waals surface area contributed by atoms with Crippen LogP contribution in [0.5, 0.6) is 0 Å². The highest BCUT2D eigenvalue weighted by Gasteiger charge is 2.16. The molecule has 0 saturated heterocycles. The summed E-state index contributed by atoms with van der Waals surface area (Å²) in [5, 5.41) is 12.0. The molecule has 2 N–H and O–H groups in total. The molecule has 1 aromatic carbocycles. The summed E-state index contributed by atoms with van der Waals surface area (Å²) in [6, 6.07) is 7.80. The minimum absolute atomic E-state index is 0.00405. The van der Waals surface area contributed by atoms with E-state index in [0.717, 1.165) is 0 Å². The molecule has 2 aromatic rings. The largest absolute Gasteiger partial charge is 0.478 e. The highest BCUT2D eigenvalue weighted by Crippen LogP contribution is 2.20.